The molecular formula is C42H50N6O9. The van der Waals surface area contributed by atoms with Crippen molar-refractivity contribution in [1.29, 1.82) is 0 Å². The van der Waals surface area contributed by atoms with E-state index in [9.17, 15) is 19.2 Å². The van der Waals surface area contributed by atoms with E-state index in [4.69, 9.17) is 28.7 Å². The number of anilines is 1. The molecule has 1 unspecified atom stereocenters. The molecule has 0 saturated carbocycles. The third-order valence-electron chi connectivity index (χ3n) is 10.9. The highest BCUT2D eigenvalue weighted by Crippen LogP contribution is 2.44. The van der Waals surface area contributed by atoms with Gasteiger partial charge >= 0.3 is 0 Å². The molecule has 3 aliphatic heterocycles. The summed E-state index contributed by atoms with van der Waals surface area (Å²) < 4.78 is 29.7. The number of pyridine rings is 2. The molecule has 2 aromatic carbocycles. The smallest absolute Gasteiger partial charge is 0.250 e. The number of benzene rings is 2. The zero-order valence-corrected chi connectivity index (χ0v) is 32.8. The van der Waals surface area contributed by atoms with E-state index in [0.717, 1.165) is 36.3 Å². The van der Waals surface area contributed by atoms with Gasteiger partial charge in [-0.15, -0.1) is 0 Å². The number of hydrogen-bond acceptors (Lipinski definition) is 11. The number of ether oxygens (including phenoxy) is 5. The van der Waals surface area contributed by atoms with Gasteiger partial charge in [-0.2, -0.15) is 0 Å². The summed E-state index contributed by atoms with van der Waals surface area (Å²) in [5.41, 5.74) is 2.07. The molecule has 2 aromatic heterocycles. The highest BCUT2D eigenvalue weighted by Gasteiger charge is 2.28. The van der Waals surface area contributed by atoms with Gasteiger partial charge in [0.15, 0.2) is 23.0 Å². The molecule has 7 rings (SSSR count). The standard InChI is InChI=1S/C42H50N6O9/c1-53-35-22-32-31(40(54-2)41(35)55-3)21-30-25-46(38(51)13-18-45-14-5-4-10-37(45)50)15-6-7-16-47(39(52)20-28-11-12-33-34(19-28)57-27-56-33)26-36(49)43-23-29-9-8-17-48(24-29)42(30)44-32/h4-5,10-12,14,19,21-22,29H,6-9,13,15-18,20,23-27H2,1-3H3,(H,43,49). The third-order valence-corrected chi connectivity index (χ3v) is 10.9. The van der Waals surface area contributed by atoms with Crippen LogP contribution in [0, 0.1) is 5.92 Å². The average molecular weight is 783 g/mol. The quantitative estimate of drug-likeness (QED) is 0.278. The van der Waals surface area contributed by atoms with Crippen LogP contribution in [0.2, 0.25) is 0 Å². The van der Waals surface area contributed by atoms with Crippen molar-refractivity contribution in [3.8, 4) is 28.7 Å². The fourth-order valence-corrected chi connectivity index (χ4v) is 7.88. The number of hydrogen-bond donors (Lipinski definition) is 1. The molecular weight excluding hydrogens is 732 g/mol. The van der Waals surface area contributed by atoms with Crippen molar-refractivity contribution in [2.75, 3.05) is 72.3 Å². The zero-order valence-electron chi connectivity index (χ0n) is 32.8. The van der Waals surface area contributed by atoms with E-state index in [1.165, 1.54) is 10.6 Å². The fourth-order valence-electron chi connectivity index (χ4n) is 7.88. The van der Waals surface area contributed by atoms with Gasteiger partial charge in [0.2, 0.25) is 30.3 Å². The van der Waals surface area contributed by atoms with Gasteiger partial charge in [-0.1, -0.05) is 12.1 Å². The first-order chi connectivity index (χ1) is 27.7. The Bertz CT molecular complexity index is 2170. The van der Waals surface area contributed by atoms with Gasteiger partial charge in [-0.25, -0.2) is 4.98 Å². The zero-order chi connectivity index (χ0) is 39.9. The number of piperidine rings is 1. The van der Waals surface area contributed by atoms with E-state index >= 15 is 0 Å². The van der Waals surface area contributed by atoms with Crippen molar-refractivity contribution in [3.05, 3.63) is 76.2 Å². The van der Waals surface area contributed by atoms with Gasteiger partial charge in [0.1, 0.15) is 5.82 Å². The van der Waals surface area contributed by atoms with Crippen molar-refractivity contribution in [3.63, 3.8) is 0 Å². The van der Waals surface area contributed by atoms with E-state index in [-0.39, 0.29) is 68.5 Å². The van der Waals surface area contributed by atoms with Crippen LogP contribution in [0.5, 0.6) is 28.7 Å². The maximum absolute atomic E-state index is 14.2. The summed E-state index contributed by atoms with van der Waals surface area (Å²) in [6.45, 7) is 3.08. The summed E-state index contributed by atoms with van der Waals surface area (Å²) in [6.07, 6.45) is 4.79. The van der Waals surface area contributed by atoms with Gasteiger partial charge in [-0.3, -0.25) is 19.2 Å². The van der Waals surface area contributed by atoms with Gasteiger partial charge in [0.25, 0.3) is 5.56 Å². The van der Waals surface area contributed by atoms with E-state index < -0.39 is 0 Å². The first-order valence-electron chi connectivity index (χ1n) is 19.5. The second-order valence-electron chi connectivity index (χ2n) is 14.6. The van der Waals surface area contributed by atoms with E-state index in [2.05, 4.69) is 10.2 Å². The normalized spacial score (nSPS) is 17.5. The predicted octanol–water partition coefficient (Wildman–Crippen LogP) is 3.77. The number of nitrogens with zero attached hydrogens (tertiary/aromatic N) is 5. The van der Waals surface area contributed by atoms with Crippen LogP contribution in [-0.4, -0.2) is 104 Å². The summed E-state index contributed by atoms with van der Waals surface area (Å²) in [5.74, 6) is 2.98. The van der Waals surface area contributed by atoms with Gasteiger partial charge in [0.05, 0.1) is 39.8 Å². The Morgan fingerprint density at radius 2 is 1.65 bits per heavy atom. The molecule has 1 fully saturated rings. The Hall–Kier alpha value is -5.99. The molecule has 3 aliphatic rings. The average Bonchev–Trinajstić information content (AvgIpc) is 3.70. The molecule has 302 valence electrons. The lowest BCUT2D eigenvalue weighted by atomic mass is 9.97. The fraction of sp³-hybridized carbons (Fsp3) is 0.452. The molecule has 15 heteroatoms. The number of aromatic nitrogens is 2. The van der Waals surface area contributed by atoms with E-state index in [1.807, 2.05) is 23.1 Å². The first-order valence-corrected chi connectivity index (χ1v) is 19.5. The van der Waals surface area contributed by atoms with Gasteiger partial charge < -0.3 is 48.3 Å². The summed E-state index contributed by atoms with van der Waals surface area (Å²) in [4.78, 5) is 64.8. The van der Waals surface area contributed by atoms with E-state index in [0.29, 0.717) is 78.7 Å². The Labute approximate surface area is 331 Å². The Morgan fingerprint density at radius 1 is 0.860 bits per heavy atom. The molecule has 1 N–H and O–H groups in total. The second kappa shape index (κ2) is 17.9. The minimum atomic E-state index is -0.219. The minimum Gasteiger partial charge on any atom is -0.493 e. The predicted molar refractivity (Wildman–Crippen MR) is 212 cm³/mol. The SMILES string of the molecule is COc1cc2nc3c(cc2c(OC)c1OC)CN(C(=O)CCn1ccccc1=O)CCCCN(C(=O)Cc1ccc2c(c1)OCO2)CC(=O)NCC1CCCN3C1. The van der Waals surface area contributed by atoms with Gasteiger partial charge in [-0.05, 0) is 61.4 Å². The Balaban J connectivity index is 1.21. The molecule has 3 amide bonds. The number of methoxy groups -OCH3 is 3. The molecule has 1 atom stereocenters. The molecule has 1 saturated heterocycles. The Kier molecular flexibility index (Phi) is 12.3. The van der Waals surface area contributed by atoms with Gasteiger partial charge in [0, 0.05) is 81.5 Å². The van der Waals surface area contributed by atoms with Crippen LogP contribution >= 0.6 is 0 Å². The van der Waals surface area contributed by atoms with Crippen molar-refractivity contribution >= 4 is 34.4 Å². The van der Waals surface area contributed by atoms with Crippen LogP contribution in [0.1, 0.15) is 43.2 Å². The number of nitrogens with one attached hydrogen (secondary N) is 1. The maximum atomic E-state index is 14.2. The Morgan fingerprint density at radius 3 is 2.42 bits per heavy atom. The third kappa shape index (κ3) is 9.03. The van der Waals surface area contributed by atoms with Crippen LogP contribution in [0.4, 0.5) is 5.82 Å². The number of aryl methyl sites for hydroxylation is 1. The van der Waals surface area contributed by atoms with Crippen molar-refractivity contribution in [2.24, 2.45) is 5.92 Å². The lowest BCUT2D eigenvalue weighted by Crippen LogP contribution is -2.46. The maximum Gasteiger partial charge on any atom is 0.250 e. The number of rotatable bonds is 8. The number of carbonyl (C=O) groups excluding carboxylic acids is 3. The lowest BCUT2D eigenvalue weighted by molar-refractivity contribution is -0.135. The number of carbonyl (C=O) groups is 3. The largest absolute Gasteiger partial charge is 0.493 e. The summed E-state index contributed by atoms with van der Waals surface area (Å²) >= 11 is 0. The number of fused-ring (bicyclic) bond motifs is 6. The van der Waals surface area contributed by atoms with Crippen LogP contribution in [0.3, 0.4) is 0 Å². The molecule has 2 bridgehead atoms. The van der Waals surface area contributed by atoms with Crippen molar-refractivity contribution in [2.45, 2.75) is 51.6 Å². The molecule has 4 aromatic rings. The molecule has 0 spiro atoms. The van der Waals surface area contributed by atoms with Crippen molar-refractivity contribution < 1.29 is 38.1 Å². The molecule has 0 radical (unpaired) electrons. The topological polar surface area (TPSA) is 154 Å². The van der Waals surface area contributed by atoms with Crippen LogP contribution in [0.15, 0.2) is 59.5 Å². The summed E-state index contributed by atoms with van der Waals surface area (Å²) in [7, 11) is 4.70. The van der Waals surface area contributed by atoms with Crippen LogP contribution in [0.25, 0.3) is 10.9 Å². The monoisotopic (exact) mass is 782 g/mol. The van der Waals surface area contributed by atoms with E-state index in [1.54, 1.807) is 56.7 Å². The molecule has 57 heavy (non-hydrogen) atoms. The number of amides is 3. The molecule has 0 aliphatic carbocycles. The molecule has 15 nitrogen and oxygen atoms in total. The van der Waals surface area contributed by atoms with Crippen LogP contribution in [-0.2, 0) is 33.9 Å². The highest BCUT2D eigenvalue weighted by molar-refractivity contribution is 5.92. The molecule has 5 heterocycles. The summed E-state index contributed by atoms with van der Waals surface area (Å²) in [5, 5.41) is 3.82. The van der Waals surface area contributed by atoms with Crippen molar-refractivity contribution in [1.82, 2.24) is 24.7 Å². The lowest BCUT2D eigenvalue weighted by Gasteiger charge is -2.36. The highest BCUT2D eigenvalue weighted by atomic mass is 16.7. The second-order valence-corrected chi connectivity index (χ2v) is 14.6. The summed E-state index contributed by atoms with van der Waals surface area (Å²) in [6, 6.07) is 14.2. The minimum absolute atomic E-state index is 0.0716. The van der Waals surface area contributed by atoms with Crippen LogP contribution < -0.4 is 39.5 Å². The first kappa shape index (κ1) is 39.3.